The van der Waals surface area contributed by atoms with Crippen LogP contribution in [0.15, 0.2) is 199 Å². The van der Waals surface area contributed by atoms with Crippen LogP contribution in [-0.2, 0) is 0 Å². The summed E-state index contributed by atoms with van der Waals surface area (Å²) >= 11 is 0. The predicted octanol–water partition coefficient (Wildman–Crippen LogP) is 14.2. The molecular weight excluding hydrogens is 617 g/mol. The minimum atomic E-state index is 0.901. The van der Waals surface area contributed by atoms with Crippen LogP contribution < -0.4 is 0 Å². The van der Waals surface area contributed by atoms with E-state index in [1.807, 2.05) is 6.07 Å². The summed E-state index contributed by atoms with van der Waals surface area (Å²) in [6.45, 7) is 0. The topological polar surface area (TPSA) is 13.1 Å². The Hall–Kier alpha value is -6.70. The Morgan fingerprint density at radius 1 is 0.255 bits per heavy atom. The standard InChI is InChI=1S/C50H32O/c1-4-17-33(18-5-1)37-28-16-29-38(34-19-6-2-7-20-34)48(37)49-42-26-12-10-24-40(42)47(41-25-11-13-27-43(41)49)36-31-44(35-21-8-3-9-22-35)50-45(32-36)39-23-14-15-30-46(39)51-50/h1-32H. The number of fused-ring (bicyclic) bond motifs is 5. The third kappa shape index (κ3) is 4.78. The average Bonchev–Trinajstić information content (AvgIpc) is 3.59. The van der Waals surface area contributed by atoms with Gasteiger partial charge in [0.25, 0.3) is 0 Å². The zero-order valence-electron chi connectivity index (χ0n) is 27.9. The van der Waals surface area contributed by atoms with Crippen LogP contribution in [0.5, 0.6) is 0 Å². The molecule has 0 amide bonds. The molecule has 1 heteroatoms. The average molecular weight is 649 g/mol. The van der Waals surface area contributed by atoms with E-state index in [4.69, 9.17) is 4.42 Å². The Bertz CT molecular complexity index is 2770. The molecule has 10 rings (SSSR count). The second-order valence-corrected chi connectivity index (χ2v) is 13.2. The first-order chi connectivity index (χ1) is 25.3. The molecule has 0 bridgehead atoms. The fourth-order valence-electron chi connectivity index (χ4n) is 8.05. The van der Waals surface area contributed by atoms with Crippen molar-refractivity contribution in [3.63, 3.8) is 0 Å². The van der Waals surface area contributed by atoms with Gasteiger partial charge in [0.15, 0.2) is 0 Å². The smallest absolute Gasteiger partial charge is 0.143 e. The lowest BCUT2D eigenvalue weighted by atomic mass is 9.80. The van der Waals surface area contributed by atoms with Gasteiger partial charge in [-0.25, -0.2) is 0 Å². The van der Waals surface area contributed by atoms with Gasteiger partial charge in [0.2, 0.25) is 0 Å². The van der Waals surface area contributed by atoms with Crippen LogP contribution in [0.25, 0.3) is 99.1 Å². The van der Waals surface area contributed by atoms with Crippen LogP contribution in [-0.4, -0.2) is 0 Å². The summed E-state index contributed by atoms with van der Waals surface area (Å²) < 4.78 is 6.59. The lowest BCUT2D eigenvalue weighted by Gasteiger charge is -2.22. The van der Waals surface area contributed by atoms with Gasteiger partial charge < -0.3 is 4.42 Å². The SMILES string of the molecule is c1ccc(-c2cccc(-c3ccccc3)c2-c2c3ccccc3c(-c3cc(-c4ccccc4)c4oc5ccccc5c4c3)c3ccccc23)cc1. The van der Waals surface area contributed by atoms with Crippen molar-refractivity contribution >= 4 is 43.5 Å². The minimum absolute atomic E-state index is 0.901. The highest BCUT2D eigenvalue weighted by Crippen LogP contribution is 2.50. The quantitative estimate of drug-likeness (QED) is 0.169. The van der Waals surface area contributed by atoms with Crippen molar-refractivity contribution in [2.24, 2.45) is 0 Å². The van der Waals surface area contributed by atoms with Crippen LogP contribution in [0.3, 0.4) is 0 Å². The molecule has 0 saturated carbocycles. The maximum Gasteiger partial charge on any atom is 0.143 e. The van der Waals surface area contributed by atoms with Gasteiger partial charge in [0.05, 0.1) is 0 Å². The number of furan rings is 1. The first kappa shape index (κ1) is 29.2. The normalized spacial score (nSPS) is 11.5. The molecule has 0 aliphatic carbocycles. The fourth-order valence-corrected chi connectivity index (χ4v) is 8.05. The van der Waals surface area contributed by atoms with Crippen molar-refractivity contribution < 1.29 is 4.42 Å². The zero-order valence-corrected chi connectivity index (χ0v) is 27.9. The predicted molar refractivity (Wildman–Crippen MR) is 216 cm³/mol. The molecule has 0 radical (unpaired) electrons. The van der Waals surface area contributed by atoms with E-state index >= 15 is 0 Å². The third-order valence-electron chi connectivity index (χ3n) is 10.3. The summed E-state index contributed by atoms with van der Waals surface area (Å²) in [5.74, 6) is 0. The molecule has 0 aliphatic rings. The largest absolute Gasteiger partial charge is 0.455 e. The van der Waals surface area contributed by atoms with Crippen molar-refractivity contribution in [1.29, 1.82) is 0 Å². The van der Waals surface area contributed by atoms with Gasteiger partial charge in [-0.2, -0.15) is 0 Å². The van der Waals surface area contributed by atoms with Crippen LogP contribution in [0, 0.1) is 0 Å². The number of benzene rings is 9. The van der Waals surface area contributed by atoms with Gasteiger partial charge in [-0.3, -0.25) is 0 Å². The molecule has 0 fully saturated rings. The second kappa shape index (κ2) is 12.0. The Balaban J connectivity index is 1.36. The Morgan fingerprint density at radius 3 is 1.22 bits per heavy atom. The monoisotopic (exact) mass is 648 g/mol. The van der Waals surface area contributed by atoms with Gasteiger partial charge in [0, 0.05) is 16.3 Å². The van der Waals surface area contributed by atoms with Gasteiger partial charge in [-0.05, 0) is 89.8 Å². The van der Waals surface area contributed by atoms with Crippen molar-refractivity contribution in [3.8, 4) is 55.6 Å². The Kier molecular flexibility index (Phi) is 6.89. The van der Waals surface area contributed by atoms with E-state index < -0.39 is 0 Å². The Morgan fingerprint density at radius 2 is 0.686 bits per heavy atom. The molecular formula is C50H32O. The number of rotatable bonds is 5. The number of para-hydroxylation sites is 1. The maximum absolute atomic E-state index is 6.59. The van der Waals surface area contributed by atoms with Gasteiger partial charge in [-0.15, -0.1) is 0 Å². The lowest BCUT2D eigenvalue weighted by molar-refractivity contribution is 0.670. The fraction of sp³-hybridized carbons (Fsp3) is 0. The highest BCUT2D eigenvalue weighted by atomic mass is 16.3. The molecule has 0 aliphatic heterocycles. The minimum Gasteiger partial charge on any atom is -0.455 e. The summed E-state index contributed by atoms with van der Waals surface area (Å²) in [4.78, 5) is 0. The molecule has 9 aromatic carbocycles. The van der Waals surface area contributed by atoms with Gasteiger partial charge in [0.1, 0.15) is 11.2 Å². The maximum atomic E-state index is 6.59. The van der Waals surface area contributed by atoms with Crippen LogP contribution in [0.2, 0.25) is 0 Å². The van der Waals surface area contributed by atoms with E-state index in [1.165, 1.54) is 66.1 Å². The Labute approximate surface area is 296 Å². The van der Waals surface area contributed by atoms with E-state index in [9.17, 15) is 0 Å². The summed E-state index contributed by atoms with van der Waals surface area (Å²) in [6.07, 6.45) is 0. The first-order valence-electron chi connectivity index (χ1n) is 17.5. The summed E-state index contributed by atoms with van der Waals surface area (Å²) in [6, 6.07) is 70.0. The molecule has 238 valence electrons. The van der Waals surface area contributed by atoms with E-state index in [-0.39, 0.29) is 0 Å². The van der Waals surface area contributed by atoms with E-state index in [2.05, 4.69) is 188 Å². The van der Waals surface area contributed by atoms with Crippen molar-refractivity contribution in [1.82, 2.24) is 0 Å². The summed E-state index contributed by atoms with van der Waals surface area (Å²) in [5, 5.41) is 7.15. The van der Waals surface area contributed by atoms with Crippen molar-refractivity contribution in [2.45, 2.75) is 0 Å². The summed E-state index contributed by atoms with van der Waals surface area (Å²) in [5.41, 5.74) is 13.8. The number of hydrogen-bond acceptors (Lipinski definition) is 1. The molecule has 0 spiro atoms. The summed E-state index contributed by atoms with van der Waals surface area (Å²) in [7, 11) is 0. The second-order valence-electron chi connectivity index (χ2n) is 13.2. The van der Waals surface area contributed by atoms with Gasteiger partial charge in [-0.1, -0.05) is 176 Å². The molecule has 0 atom stereocenters. The van der Waals surface area contributed by atoms with E-state index in [1.54, 1.807) is 0 Å². The highest BCUT2D eigenvalue weighted by Gasteiger charge is 2.23. The van der Waals surface area contributed by atoms with E-state index in [0.717, 1.165) is 33.1 Å². The van der Waals surface area contributed by atoms with Crippen LogP contribution in [0.1, 0.15) is 0 Å². The first-order valence-corrected chi connectivity index (χ1v) is 17.5. The lowest BCUT2D eigenvalue weighted by Crippen LogP contribution is -1.95. The molecule has 0 unspecified atom stereocenters. The molecule has 1 heterocycles. The highest BCUT2D eigenvalue weighted by molar-refractivity contribution is 6.25. The molecule has 0 saturated heterocycles. The van der Waals surface area contributed by atoms with Crippen molar-refractivity contribution in [2.75, 3.05) is 0 Å². The molecule has 0 N–H and O–H groups in total. The van der Waals surface area contributed by atoms with Crippen LogP contribution >= 0.6 is 0 Å². The van der Waals surface area contributed by atoms with Gasteiger partial charge >= 0.3 is 0 Å². The van der Waals surface area contributed by atoms with E-state index in [0.29, 0.717) is 0 Å². The molecule has 10 aromatic rings. The molecule has 51 heavy (non-hydrogen) atoms. The zero-order chi connectivity index (χ0) is 33.7. The molecule has 1 aromatic heterocycles. The van der Waals surface area contributed by atoms with Crippen molar-refractivity contribution in [3.05, 3.63) is 194 Å². The molecule has 1 nitrogen and oxygen atoms in total. The van der Waals surface area contributed by atoms with Crippen LogP contribution in [0.4, 0.5) is 0 Å². The number of hydrogen-bond donors (Lipinski definition) is 0. The third-order valence-corrected chi connectivity index (χ3v) is 10.3.